The molecule has 0 saturated carbocycles. The highest BCUT2D eigenvalue weighted by Gasteiger charge is 2.13. The van der Waals surface area contributed by atoms with E-state index in [0.717, 1.165) is 11.1 Å². The Hall–Kier alpha value is -0.0200. The lowest BCUT2D eigenvalue weighted by Gasteiger charge is -2.16. The molecule has 0 atom stereocenters. The monoisotopic (exact) mass is 322 g/mol. The van der Waals surface area contributed by atoms with E-state index in [-0.39, 0.29) is 5.82 Å². The number of hydrogen-bond acceptors (Lipinski definition) is 2. The molecule has 5 heteroatoms. The third-order valence-corrected chi connectivity index (χ3v) is 4.85. The Kier molecular flexibility index (Phi) is 6.57. The molecule has 2 nitrogen and oxygen atoms in total. The summed E-state index contributed by atoms with van der Waals surface area (Å²) in [5.41, 5.74) is 1.80. The molecule has 1 aromatic rings. The average Bonchev–Trinajstić information content (AvgIpc) is 2.26. The highest BCUT2D eigenvalue weighted by molar-refractivity contribution is 9.10. The van der Waals surface area contributed by atoms with Crippen molar-refractivity contribution in [3.8, 4) is 0 Å². The molecule has 1 aromatic carbocycles. The minimum absolute atomic E-state index is 0.233. The second-order valence-electron chi connectivity index (χ2n) is 3.53. The van der Waals surface area contributed by atoms with E-state index in [9.17, 15) is 4.39 Å². The molecule has 0 aromatic heterocycles. The summed E-state index contributed by atoms with van der Waals surface area (Å²) >= 11 is 3.21. The van der Waals surface area contributed by atoms with Crippen LogP contribution in [0.1, 0.15) is 25.0 Å². The molecule has 0 fully saturated rings. The zero-order chi connectivity index (χ0) is 12.8. The van der Waals surface area contributed by atoms with Gasteiger partial charge in [-0.1, -0.05) is 6.07 Å². The zero-order valence-electron chi connectivity index (χ0n) is 10.3. The fourth-order valence-electron chi connectivity index (χ4n) is 1.45. The van der Waals surface area contributed by atoms with Gasteiger partial charge in [-0.3, -0.25) is 0 Å². The van der Waals surface area contributed by atoms with Crippen LogP contribution in [-0.4, -0.2) is 13.2 Å². The minimum Gasteiger partial charge on any atom is -0.334 e. The van der Waals surface area contributed by atoms with Crippen molar-refractivity contribution in [3.05, 3.63) is 33.5 Å². The van der Waals surface area contributed by atoms with Crippen LogP contribution >= 0.6 is 24.3 Å². The van der Waals surface area contributed by atoms with Crippen LogP contribution in [0.3, 0.4) is 0 Å². The lowest BCUT2D eigenvalue weighted by Crippen LogP contribution is -1.96. The maximum absolute atomic E-state index is 13.5. The van der Waals surface area contributed by atoms with Crippen LogP contribution in [0.5, 0.6) is 0 Å². The molecule has 0 aliphatic rings. The average molecular weight is 323 g/mol. The molecule has 96 valence electrons. The summed E-state index contributed by atoms with van der Waals surface area (Å²) < 4.78 is 25.1. The van der Waals surface area contributed by atoms with E-state index in [1.165, 1.54) is 6.07 Å². The number of rotatable bonds is 6. The highest BCUT2D eigenvalue weighted by atomic mass is 79.9. The van der Waals surface area contributed by atoms with Gasteiger partial charge in [0.1, 0.15) is 5.82 Å². The SMILES string of the molecule is CCOP(Cc1cc(C)c(Br)c(F)c1)OCC. The van der Waals surface area contributed by atoms with Crippen molar-refractivity contribution < 1.29 is 13.4 Å². The van der Waals surface area contributed by atoms with Crippen molar-refractivity contribution in [3.63, 3.8) is 0 Å². The van der Waals surface area contributed by atoms with Gasteiger partial charge < -0.3 is 9.05 Å². The Bertz CT molecular complexity index is 345. The first-order valence-electron chi connectivity index (χ1n) is 5.56. The van der Waals surface area contributed by atoms with Crippen molar-refractivity contribution in [2.24, 2.45) is 0 Å². The van der Waals surface area contributed by atoms with Crippen LogP contribution in [0.25, 0.3) is 0 Å². The van der Waals surface area contributed by atoms with Crippen molar-refractivity contribution >= 4 is 24.3 Å². The third-order valence-electron chi connectivity index (χ3n) is 2.13. The molecule has 0 aliphatic carbocycles. The van der Waals surface area contributed by atoms with Crippen LogP contribution in [0.15, 0.2) is 16.6 Å². The van der Waals surface area contributed by atoms with Crippen molar-refractivity contribution in [1.82, 2.24) is 0 Å². The Morgan fingerprint density at radius 1 is 1.24 bits per heavy atom. The van der Waals surface area contributed by atoms with E-state index in [4.69, 9.17) is 9.05 Å². The van der Waals surface area contributed by atoms with Gasteiger partial charge in [0.25, 0.3) is 0 Å². The summed E-state index contributed by atoms with van der Waals surface area (Å²) in [4.78, 5) is 0. The largest absolute Gasteiger partial charge is 0.334 e. The number of hydrogen-bond donors (Lipinski definition) is 0. The topological polar surface area (TPSA) is 18.5 Å². The lowest BCUT2D eigenvalue weighted by molar-refractivity contribution is 0.268. The molecule has 0 spiro atoms. The van der Waals surface area contributed by atoms with Gasteiger partial charge in [-0.05, 0) is 53.9 Å². The molecule has 1 rings (SSSR count). The number of aryl methyl sites for hydroxylation is 1. The van der Waals surface area contributed by atoms with Crippen LogP contribution < -0.4 is 0 Å². The van der Waals surface area contributed by atoms with Gasteiger partial charge in [0.05, 0.1) is 17.7 Å². The Balaban J connectivity index is 2.78. The first kappa shape index (κ1) is 15.0. The molecule has 0 amide bonds. The van der Waals surface area contributed by atoms with Gasteiger partial charge in [-0.25, -0.2) is 4.39 Å². The first-order valence-corrected chi connectivity index (χ1v) is 7.71. The maximum Gasteiger partial charge on any atom is 0.175 e. The Labute approximate surface area is 112 Å². The molecule has 17 heavy (non-hydrogen) atoms. The van der Waals surface area contributed by atoms with Crippen molar-refractivity contribution in [1.29, 1.82) is 0 Å². The lowest BCUT2D eigenvalue weighted by atomic mass is 10.1. The summed E-state index contributed by atoms with van der Waals surface area (Å²) in [6, 6.07) is 3.49. The summed E-state index contributed by atoms with van der Waals surface area (Å²) in [6.07, 6.45) is 0.627. The minimum atomic E-state index is -0.954. The normalized spacial score (nSPS) is 11.2. The van der Waals surface area contributed by atoms with Crippen molar-refractivity contribution in [2.75, 3.05) is 13.2 Å². The molecule has 0 N–H and O–H groups in total. The highest BCUT2D eigenvalue weighted by Crippen LogP contribution is 2.42. The molecule has 0 aliphatic heterocycles. The Morgan fingerprint density at radius 3 is 2.29 bits per heavy atom. The number of halogens is 2. The van der Waals surface area contributed by atoms with Gasteiger partial charge >= 0.3 is 0 Å². The predicted octanol–water partition coefficient (Wildman–Crippen LogP) is 4.78. The van der Waals surface area contributed by atoms with Crippen LogP contribution in [0, 0.1) is 12.7 Å². The van der Waals surface area contributed by atoms with E-state index >= 15 is 0 Å². The van der Waals surface area contributed by atoms with E-state index in [0.29, 0.717) is 23.8 Å². The van der Waals surface area contributed by atoms with E-state index < -0.39 is 8.38 Å². The second kappa shape index (κ2) is 7.42. The second-order valence-corrected chi connectivity index (χ2v) is 5.83. The molecule has 0 saturated heterocycles. The summed E-state index contributed by atoms with van der Waals surface area (Å²) in [5.74, 6) is -0.233. The fourth-order valence-corrected chi connectivity index (χ4v) is 3.00. The van der Waals surface area contributed by atoms with E-state index in [2.05, 4.69) is 15.9 Å². The number of benzene rings is 1. The summed E-state index contributed by atoms with van der Waals surface area (Å²) in [6.45, 7) is 6.97. The molecule has 0 unspecified atom stereocenters. The first-order chi connectivity index (χ1) is 8.08. The van der Waals surface area contributed by atoms with Gasteiger partial charge in [0.2, 0.25) is 0 Å². The molecule has 0 radical (unpaired) electrons. The third kappa shape index (κ3) is 4.63. The predicted molar refractivity (Wildman–Crippen MR) is 72.7 cm³/mol. The molecular formula is C12H17BrFO2P. The summed E-state index contributed by atoms with van der Waals surface area (Å²) in [7, 11) is -0.954. The fraction of sp³-hybridized carbons (Fsp3) is 0.500. The molecular weight excluding hydrogens is 306 g/mol. The van der Waals surface area contributed by atoms with Crippen LogP contribution in [0.4, 0.5) is 4.39 Å². The standard InChI is InChI=1S/C12H17BrFO2P/c1-4-15-17(16-5-2)8-10-6-9(3)12(13)11(14)7-10/h6-7H,4-5,8H2,1-3H3. The van der Waals surface area contributed by atoms with Gasteiger partial charge in [-0.2, -0.15) is 0 Å². The van der Waals surface area contributed by atoms with Crippen LogP contribution in [-0.2, 0) is 15.2 Å². The quantitative estimate of drug-likeness (QED) is 0.701. The van der Waals surface area contributed by atoms with Crippen LogP contribution in [0.2, 0.25) is 0 Å². The van der Waals surface area contributed by atoms with Gasteiger partial charge in [-0.15, -0.1) is 0 Å². The van der Waals surface area contributed by atoms with Gasteiger partial charge in [0, 0.05) is 6.16 Å². The van der Waals surface area contributed by atoms with Gasteiger partial charge in [0.15, 0.2) is 8.38 Å². The van der Waals surface area contributed by atoms with E-state index in [1.807, 2.05) is 26.8 Å². The molecule has 0 bridgehead atoms. The van der Waals surface area contributed by atoms with Crippen molar-refractivity contribution in [2.45, 2.75) is 26.9 Å². The summed E-state index contributed by atoms with van der Waals surface area (Å²) in [5, 5.41) is 0. The van der Waals surface area contributed by atoms with E-state index in [1.54, 1.807) is 0 Å². The maximum atomic E-state index is 13.5. The smallest absolute Gasteiger partial charge is 0.175 e. The zero-order valence-corrected chi connectivity index (χ0v) is 12.8. The molecule has 0 heterocycles. The Morgan fingerprint density at radius 2 is 1.82 bits per heavy atom.